The summed E-state index contributed by atoms with van der Waals surface area (Å²) >= 11 is 5.85. The average molecular weight is 304 g/mol. The first-order valence-electron chi connectivity index (χ1n) is 6.19. The van der Waals surface area contributed by atoms with Crippen LogP contribution in [0.1, 0.15) is 11.1 Å². The van der Waals surface area contributed by atoms with Gasteiger partial charge >= 0.3 is 5.97 Å². The maximum atomic E-state index is 13.6. The van der Waals surface area contributed by atoms with Gasteiger partial charge < -0.3 is 4.74 Å². The van der Waals surface area contributed by atoms with Crippen LogP contribution < -0.4 is 4.74 Å². The molecule has 0 aliphatic rings. The zero-order valence-corrected chi connectivity index (χ0v) is 11.7. The Morgan fingerprint density at radius 1 is 1.24 bits per heavy atom. The minimum atomic E-state index is -0.602. The third kappa shape index (κ3) is 4.04. The fraction of sp³-hybridized carbons (Fsp3) is 0.125. The summed E-state index contributed by atoms with van der Waals surface area (Å²) in [6.07, 6.45) is 0.0461. The van der Waals surface area contributed by atoms with Gasteiger partial charge in [-0.1, -0.05) is 29.8 Å². The van der Waals surface area contributed by atoms with E-state index in [0.29, 0.717) is 12.2 Å². The number of hydrogen-bond donors (Lipinski definition) is 0. The van der Waals surface area contributed by atoms with Crippen molar-refractivity contribution in [2.45, 2.75) is 12.8 Å². The minimum absolute atomic E-state index is 0.116. The number of carbonyl (C=O) groups is 1. The van der Waals surface area contributed by atoms with E-state index < -0.39 is 11.8 Å². The molecule has 0 atom stereocenters. The first-order valence-corrected chi connectivity index (χ1v) is 6.57. The van der Waals surface area contributed by atoms with E-state index in [1.165, 1.54) is 18.2 Å². The molecule has 2 aromatic rings. The van der Waals surface area contributed by atoms with Crippen molar-refractivity contribution >= 4 is 17.6 Å². The molecule has 0 radical (unpaired) electrons. The SMILES string of the molecule is N#CCc1ccc(OC(=O)Cc2c(F)cccc2Cl)cc1. The van der Waals surface area contributed by atoms with Crippen LogP contribution in [-0.2, 0) is 17.6 Å². The van der Waals surface area contributed by atoms with Gasteiger partial charge in [0.05, 0.1) is 18.9 Å². The highest BCUT2D eigenvalue weighted by atomic mass is 35.5. The predicted octanol–water partition coefficient (Wildman–Crippen LogP) is 3.69. The lowest BCUT2D eigenvalue weighted by Crippen LogP contribution is -2.12. The number of halogens is 2. The molecule has 0 aliphatic carbocycles. The zero-order chi connectivity index (χ0) is 15.2. The van der Waals surface area contributed by atoms with E-state index in [2.05, 4.69) is 0 Å². The maximum Gasteiger partial charge on any atom is 0.315 e. The second kappa shape index (κ2) is 6.87. The molecule has 0 saturated heterocycles. The van der Waals surface area contributed by atoms with Crippen LogP contribution in [0.2, 0.25) is 5.02 Å². The van der Waals surface area contributed by atoms with Crippen LogP contribution in [0.15, 0.2) is 42.5 Å². The molecule has 2 aromatic carbocycles. The van der Waals surface area contributed by atoms with Gasteiger partial charge in [-0.25, -0.2) is 4.39 Å². The smallest absolute Gasteiger partial charge is 0.315 e. The summed E-state index contributed by atoms with van der Waals surface area (Å²) < 4.78 is 18.7. The van der Waals surface area contributed by atoms with Crippen molar-refractivity contribution in [3.8, 4) is 11.8 Å². The second-order valence-electron chi connectivity index (χ2n) is 4.33. The number of benzene rings is 2. The Bertz CT molecular complexity index is 672. The molecule has 0 bridgehead atoms. The normalized spacial score (nSPS) is 9.95. The van der Waals surface area contributed by atoms with E-state index in [1.54, 1.807) is 24.3 Å². The molecule has 21 heavy (non-hydrogen) atoms. The van der Waals surface area contributed by atoms with Gasteiger partial charge in [0.25, 0.3) is 0 Å². The summed E-state index contributed by atoms with van der Waals surface area (Å²) in [6, 6.07) is 12.8. The molecule has 0 saturated carbocycles. The Morgan fingerprint density at radius 2 is 1.95 bits per heavy atom. The van der Waals surface area contributed by atoms with Crippen LogP contribution in [0.25, 0.3) is 0 Å². The lowest BCUT2D eigenvalue weighted by Gasteiger charge is -2.07. The molecule has 0 fully saturated rings. The molecule has 0 amide bonds. The molecule has 2 rings (SSSR count). The molecular formula is C16H11ClFNO2. The Kier molecular flexibility index (Phi) is 4.91. The summed E-state index contributed by atoms with van der Waals surface area (Å²) in [6.45, 7) is 0. The topological polar surface area (TPSA) is 50.1 Å². The van der Waals surface area contributed by atoms with Crippen LogP contribution >= 0.6 is 11.6 Å². The van der Waals surface area contributed by atoms with E-state index in [0.717, 1.165) is 5.56 Å². The Hall–Kier alpha value is -2.38. The monoisotopic (exact) mass is 303 g/mol. The number of ether oxygens (including phenoxy) is 1. The van der Waals surface area contributed by atoms with Crippen molar-refractivity contribution in [1.82, 2.24) is 0 Å². The van der Waals surface area contributed by atoms with E-state index in [-0.39, 0.29) is 17.0 Å². The Labute approximate surface area is 126 Å². The molecule has 0 spiro atoms. The van der Waals surface area contributed by atoms with E-state index in [1.807, 2.05) is 6.07 Å². The van der Waals surface area contributed by atoms with Crippen molar-refractivity contribution in [2.24, 2.45) is 0 Å². The van der Waals surface area contributed by atoms with Crippen LogP contribution in [0, 0.1) is 17.1 Å². The molecule has 5 heteroatoms. The van der Waals surface area contributed by atoms with Crippen molar-refractivity contribution in [2.75, 3.05) is 0 Å². The second-order valence-corrected chi connectivity index (χ2v) is 4.74. The van der Waals surface area contributed by atoms with E-state index in [9.17, 15) is 9.18 Å². The lowest BCUT2D eigenvalue weighted by atomic mass is 10.1. The number of nitrogens with zero attached hydrogens (tertiary/aromatic N) is 1. The molecule has 0 heterocycles. The summed E-state index contributed by atoms with van der Waals surface area (Å²) in [4.78, 5) is 11.8. The number of nitriles is 1. The Balaban J connectivity index is 2.03. The molecule has 0 aromatic heterocycles. The largest absolute Gasteiger partial charge is 0.426 e. The van der Waals surface area contributed by atoms with Crippen LogP contribution in [0.4, 0.5) is 4.39 Å². The van der Waals surface area contributed by atoms with Crippen LogP contribution in [0.3, 0.4) is 0 Å². The highest BCUT2D eigenvalue weighted by molar-refractivity contribution is 6.31. The van der Waals surface area contributed by atoms with Gasteiger partial charge in [-0.2, -0.15) is 5.26 Å². The van der Waals surface area contributed by atoms with Crippen molar-refractivity contribution in [1.29, 1.82) is 5.26 Å². The first-order chi connectivity index (χ1) is 10.1. The lowest BCUT2D eigenvalue weighted by molar-refractivity contribution is -0.133. The number of hydrogen-bond acceptors (Lipinski definition) is 3. The van der Waals surface area contributed by atoms with Gasteiger partial charge in [0.15, 0.2) is 0 Å². The molecule has 106 valence electrons. The fourth-order valence-corrected chi connectivity index (χ4v) is 2.01. The quantitative estimate of drug-likeness (QED) is 0.639. The minimum Gasteiger partial charge on any atom is -0.426 e. The average Bonchev–Trinajstić information content (AvgIpc) is 2.45. The highest BCUT2D eigenvalue weighted by Gasteiger charge is 2.13. The van der Waals surface area contributed by atoms with Crippen molar-refractivity contribution in [3.05, 3.63) is 64.4 Å². The molecular weight excluding hydrogens is 293 g/mol. The summed E-state index contributed by atoms with van der Waals surface area (Å²) in [5.74, 6) is -0.798. The number of rotatable bonds is 4. The molecule has 3 nitrogen and oxygen atoms in total. The van der Waals surface area contributed by atoms with Gasteiger partial charge in [-0.05, 0) is 29.8 Å². The van der Waals surface area contributed by atoms with Gasteiger partial charge in [-0.3, -0.25) is 4.79 Å². The van der Waals surface area contributed by atoms with Gasteiger partial charge in [-0.15, -0.1) is 0 Å². The van der Waals surface area contributed by atoms with Crippen LogP contribution in [-0.4, -0.2) is 5.97 Å². The number of esters is 1. The van der Waals surface area contributed by atoms with Gasteiger partial charge in [0.2, 0.25) is 0 Å². The molecule has 0 N–H and O–H groups in total. The van der Waals surface area contributed by atoms with Crippen molar-refractivity contribution < 1.29 is 13.9 Å². The van der Waals surface area contributed by atoms with Crippen molar-refractivity contribution in [3.63, 3.8) is 0 Å². The van der Waals surface area contributed by atoms with Gasteiger partial charge in [0.1, 0.15) is 11.6 Å². The summed E-state index contributed by atoms with van der Waals surface area (Å²) in [5, 5.41) is 8.76. The highest BCUT2D eigenvalue weighted by Crippen LogP contribution is 2.20. The van der Waals surface area contributed by atoms with Gasteiger partial charge in [0, 0.05) is 10.6 Å². The number of carbonyl (C=O) groups excluding carboxylic acids is 1. The fourth-order valence-electron chi connectivity index (χ4n) is 1.78. The Morgan fingerprint density at radius 3 is 2.57 bits per heavy atom. The summed E-state index contributed by atoms with van der Waals surface area (Å²) in [5.41, 5.74) is 0.944. The molecule has 0 unspecified atom stereocenters. The zero-order valence-electron chi connectivity index (χ0n) is 11.0. The standard InChI is InChI=1S/C16H11ClFNO2/c17-14-2-1-3-15(18)13(14)10-16(20)21-12-6-4-11(5-7-12)8-9-19/h1-7H,8,10H2. The first kappa shape index (κ1) is 15.0. The van der Waals surface area contributed by atoms with E-state index >= 15 is 0 Å². The third-order valence-corrected chi connectivity index (χ3v) is 3.18. The van der Waals surface area contributed by atoms with Crippen LogP contribution in [0.5, 0.6) is 5.75 Å². The van der Waals surface area contributed by atoms with E-state index in [4.69, 9.17) is 21.6 Å². The maximum absolute atomic E-state index is 13.6. The summed E-state index contributed by atoms with van der Waals surface area (Å²) in [7, 11) is 0. The third-order valence-electron chi connectivity index (χ3n) is 2.82. The molecule has 0 aliphatic heterocycles. The predicted molar refractivity (Wildman–Crippen MR) is 76.5 cm³/mol.